The zero-order chi connectivity index (χ0) is 15.8. The lowest BCUT2D eigenvalue weighted by atomic mass is 10.2. The largest absolute Gasteiger partial charge is 0.383 e. The summed E-state index contributed by atoms with van der Waals surface area (Å²) in [6.07, 6.45) is 0. The summed E-state index contributed by atoms with van der Waals surface area (Å²) in [6, 6.07) is 6.25. The molecule has 0 saturated heterocycles. The van der Waals surface area contributed by atoms with Gasteiger partial charge in [-0.1, -0.05) is 6.07 Å². The molecule has 0 aliphatic rings. The molecule has 1 rings (SSSR count). The van der Waals surface area contributed by atoms with E-state index in [4.69, 9.17) is 4.74 Å². The van der Waals surface area contributed by atoms with Crippen molar-refractivity contribution < 1.29 is 19.1 Å². The second-order valence-electron chi connectivity index (χ2n) is 4.55. The van der Waals surface area contributed by atoms with Crippen LogP contribution in [0.1, 0.15) is 13.8 Å². The minimum Gasteiger partial charge on any atom is -0.383 e. The number of nitrogens with one attached hydrogen (secondary N) is 3. The molecular weight excluding hydrogens is 274 g/mol. The maximum absolute atomic E-state index is 11.7. The first kappa shape index (κ1) is 16.6. The molecule has 1 unspecified atom stereocenters. The molecule has 7 nitrogen and oxygen atoms in total. The minimum absolute atomic E-state index is 0.218. The van der Waals surface area contributed by atoms with E-state index < -0.39 is 11.8 Å². The highest BCUT2D eigenvalue weighted by Crippen LogP contribution is 2.14. The second-order valence-corrected chi connectivity index (χ2v) is 4.55. The normalized spacial score (nSPS) is 11.4. The van der Waals surface area contributed by atoms with Crippen LogP contribution in [-0.4, -0.2) is 37.5 Å². The van der Waals surface area contributed by atoms with Gasteiger partial charge in [-0.3, -0.25) is 14.4 Å². The fourth-order valence-corrected chi connectivity index (χ4v) is 1.65. The predicted molar refractivity (Wildman–Crippen MR) is 78.9 cm³/mol. The number of hydrogen-bond donors (Lipinski definition) is 3. The van der Waals surface area contributed by atoms with Gasteiger partial charge in [0, 0.05) is 31.5 Å². The number of anilines is 2. The molecule has 1 aromatic carbocycles. The molecule has 0 spiro atoms. The Hall–Kier alpha value is -2.41. The molecule has 7 heteroatoms. The average molecular weight is 293 g/mol. The van der Waals surface area contributed by atoms with E-state index in [1.54, 1.807) is 31.2 Å². The van der Waals surface area contributed by atoms with E-state index >= 15 is 0 Å². The first-order valence-electron chi connectivity index (χ1n) is 6.40. The lowest BCUT2D eigenvalue weighted by Crippen LogP contribution is -2.42. The molecular formula is C14H19N3O4. The van der Waals surface area contributed by atoms with Gasteiger partial charge in [0.1, 0.15) is 0 Å². The van der Waals surface area contributed by atoms with Gasteiger partial charge in [-0.15, -0.1) is 0 Å². The van der Waals surface area contributed by atoms with Gasteiger partial charge >= 0.3 is 11.8 Å². The number of amides is 3. The van der Waals surface area contributed by atoms with Crippen LogP contribution in [0.4, 0.5) is 11.4 Å². The van der Waals surface area contributed by atoms with Crippen molar-refractivity contribution in [2.45, 2.75) is 19.9 Å². The van der Waals surface area contributed by atoms with Crippen LogP contribution in [0.25, 0.3) is 0 Å². The summed E-state index contributed by atoms with van der Waals surface area (Å²) in [5.41, 5.74) is 0.953. The highest BCUT2D eigenvalue weighted by molar-refractivity contribution is 6.39. The van der Waals surface area contributed by atoms with E-state index in [0.717, 1.165) is 0 Å². The molecule has 0 bridgehead atoms. The fraction of sp³-hybridized carbons (Fsp3) is 0.357. The van der Waals surface area contributed by atoms with Crippen molar-refractivity contribution in [1.29, 1.82) is 0 Å². The van der Waals surface area contributed by atoms with E-state index in [2.05, 4.69) is 16.0 Å². The molecule has 1 aromatic rings. The van der Waals surface area contributed by atoms with Crippen LogP contribution in [0.3, 0.4) is 0 Å². The minimum atomic E-state index is -0.780. The van der Waals surface area contributed by atoms with Crippen molar-refractivity contribution in [1.82, 2.24) is 5.32 Å². The average Bonchev–Trinajstić information content (AvgIpc) is 2.38. The number of hydrogen-bond acceptors (Lipinski definition) is 4. The Morgan fingerprint density at radius 1 is 1.14 bits per heavy atom. The summed E-state index contributed by atoms with van der Waals surface area (Å²) in [5, 5.41) is 7.55. The van der Waals surface area contributed by atoms with E-state index in [9.17, 15) is 14.4 Å². The third-order valence-electron chi connectivity index (χ3n) is 2.44. The number of methoxy groups -OCH3 is 1. The molecule has 3 amide bonds. The number of carbonyl (C=O) groups is 3. The molecule has 114 valence electrons. The summed E-state index contributed by atoms with van der Waals surface area (Å²) < 4.78 is 4.87. The van der Waals surface area contributed by atoms with Crippen molar-refractivity contribution in [3.05, 3.63) is 24.3 Å². The number of rotatable bonds is 5. The first-order chi connectivity index (χ1) is 9.92. The number of carbonyl (C=O) groups excluding carboxylic acids is 3. The summed E-state index contributed by atoms with van der Waals surface area (Å²) in [4.78, 5) is 34.3. The van der Waals surface area contributed by atoms with Gasteiger partial charge in [-0.2, -0.15) is 0 Å². The Labute approximate surface area is 123 Å². The fourth-order valence-electron chi connectivity index (χ4n) is 1.65. The van der Waals surface area contributed by atoms with Gasteiger partial charge in [-0.25, -0.2) is 0 Å². The first-order valence-corrected chi connectivity index (χ1v) is 6.40. The van der Waals surface area contributed by atoms with Gasteiger partial charge < -0.3 is 20.7 Å². The van der Waals surface area contributed by atoms with Crippen LogP contribution < -0.4 is 16.0 Å². The molecule has 0 heterocycles. The molecule has 1 atom stereocenters. The van der Waals surface area contributed by atoms with Crippen LogP contribution in [0.5, 0.6) is 0 Å². The topological polar surface area (TPSA) is 96.5 Å². The Morgan fingerprint density at radius 3 is 2.33 bits per heavy atom. The van der Waals surface area contributed by atoms with Crippen molar-refractivity contribution >= 4 is 29.1 Å². The maximum Gasteiger partial charge on any atom is 0.313 e. The van der Waals surface area contributed by atoms with E-state index in [1.807, 2.05) is 0 Å². The van der Waals surface area contributed by atoms with Crippen LogP contribution in [0.15, 0.2) is 24.3 Å². The molecule has 0 saturated carbocycles. The van der Waals surface area contributed by atoms with E-state index in [1.165, 1.54) is 14.0 Å². The van der Waals surface area contributed by atoms with Gasteiger partial charge in [-0.05, 0) is 25.1 Å². The number of ether oxygens (including phenoxy) is 1. The highest BCUT2D eigenvalue weighted by Gasteiger charge is 2.16. The molecule has 0 fully saturated rings. The standard InChI is InChI=1S/C14H19N3O4/c1-9(8-21-3)15-13(19)14(20)17-12-6-4-5-11(7-12)16-10(2)18/h4-7,9H,8H2,1-3H3,(H,15,19)(H,16,18)(H,17,20). The zero-order valence-electron chi connectivity index (χ0n) is 12.2. The lowest BCUT2D eigenvalue weighted by molar-refractivity contribution is -0.136. The van der Waals surface area contributed by atoms with Gasteiger partial charge in [0.15, 0.2) is 0 Å². The van der Waals surface area contributed by atoms with Gasteiger partial charge in [0.2, 0.25) is 5.91 Å². The molecule has 3 N–H and O–H groups in total. The van der Waals surface area contributed by atoms with Gasteiger partial charge in [0.05, 0.1) is 6.61 Å². The van der Waals surface area contributed by atoms with Crippen molar-refractivity contribution in [3.63, 3.8) is 0 Å². The van der Waals surface area contributed by atoms with Crippen molar-refractivity contribution in [2.75, 3.05) is 24.4 Å². The Bertz CT molecular complexity index is 531. The van der Waals surface area contributed by atoms with Crippen LogP contribution >= 0.6 is 0 Å². The van der Waals surface area contributed by atoms with Crippen molar-refractivity contribution in [2.24, 2.45) is 0 Å². The van der Waals surface area contributed by atoms with E-state index in [-0.39, 0.29) is 11.9 Å². The Balaban J connectivity index is 2.61. The third kappa shape index (κ3) is 6.05. The monoisotopic (exact) mass is 293 g/mol. The summed E-state index contributed by atoms with van der Waals surface area (Å²) in [7, 11) is 1.51. The highest BCUT2D eigenvalue weighted by atomic mass is 16.5. The predicted octanol–water partition coefficient (Wildman–Crippen LogP) is 0.735. The van der Waals surface area contributed by atoms with Crippen LogP contribution in [0.2, 0.25) is 0 Å². The summed E-state index contributed by atoms with van der Waals surface area (Å²) >= 11 is 0. The molecule has 0 aliphatic carbocycles. The smallest absolute Gasteiger partial charge is 0.313 e. The molecule has 0 aliphatic heterocycles. The molecule has 0 aromatic heterocycles. The van der Waals surface area contributed by atoms with Crippen molar-refractivity contribution in [3.8, 4) is 0 Å². The van der Waals surface area contributed by atoms with Gasteiger partial charge in [0.25, 0.3) is 0 Å². The zero-order valence-corrected chi connectivity index (χ0v) is 12.2. The van der Waals surface area contributed by atoms with E-state index in [0.29, 0.717) is 18.0 Å². The second kappa shape index (κ2) is 8.01. The summed E-state index contributed by atoms with van der Waals surface area (Å²) in [6.45, 7) is 3.43. The molecule has 21 heavy (non-hydrogen) atoms. The maximum atomic E-state index is 11.7. The van der Waals surface area contributed by atoms with Crippen LogP contribution in [0, 0.1) is 0 Å². The quantitative estimate of drug-likeness (QED) is 0.697. The Morgan fingerprint density at radius 2 is 1.76 bits per heavy atom. The lowest BCUT2D eigenvalue weighted by Gasteiger charge is -2.12. The SMILES string of the molecule is COCC(C)NC(=O)C(=O)Nc1cccc(NC(C)=O)c1. The Kier molecular flexibility index (Phi) is 6.35. The molecule has 0 radical (unpaired) electrons. The third-order valence-corrected chi connectivity index (χ3v) is 2.44. The summed E-state index contributed by atoms with van der Waals surface area (Å²) in [5.74, 6) is -1.74. The van der Waals surface area contributed by atoms with Crippen LogP contribution in [-0.2, 0) is 19.1 Å². The number of benzene rings is 1.